The Kier molecular flexibility index (Phi) is 4.99. The second-order valence-electron chi connectivity index (χ2n) is 5.99. The Hall–Kier alpha value is -2.87. The van der Waals surface area contributed by atoms with Crippen LogP contribution in [0.15, 0.2) is 47.2 Å². The Morgan fingerprint density at radius 3 is 2.84 bits per heavy atom. The van der Waals surface area contributed by atoms with Crippen molar-refractivity contribution >= 4 is 11.7 Å². The second-order valence-corrected chi connectivity index (χ2v) is 5.99. The van der Waals surface area contributed by atoms with Gasteiger partial charge in [-0.05, 0) is 38.1 Å². The fraction of sp³-hybridized carbons (Fsp3) is 0.353. The summed E-state index contributed by atoms with van der Waals surface area (Å²) < 4.78 is 6.99. The molecule has 132 valence electrons. The number of carbonyl (C=O) groups excluding carboxylic acids is 1. The van der Waals surface area contributed by atoms with Crippen molar-refractivity contribution in [3.8, 4) is 0 Å². The Bertz CT molecular complexity index is 830. The third-order valence-electron chi connectivity index (χ3n) is 3.90. The number of aliphatic hydroxyl groups excluding tert-OH is 1. The smallest absolute Gasteiger partial charge is 0.315 e. The molecule has 0 aliphatic rings. The minimum Gasteiger partial charge on any atom is -0.467 e. The molecule has 0 spiro atoms. The van der Waals surface area contributed by atoms with Crippen LogP contribution < -0.4 is 10.6 Å². The average molecular weight is 343 g/mol. The molecule has 3 N–H and O–H groups in total. The number of furan rings is 1. The number of rotatable bonds is 6. The van der Waals surface area contributed by atoms with Crippen molar-refractivity contribution in [1.82, 2.24) is 25.2 Å². The molecule has 0 radical (unpaired) electrons. The lowest BCUT2D eigenvalue weighted by molar-refractivity contribution is 0.129. The molecular weight excluding hydrogens is 322 g/mol. The van der Waals surface area contributed by atoms with Gasteiger partial charge in [0.15, 0.2) is 11.5 Å². The lowest BCUT2D eigenvalue weighted by Gasteiger charge is -2.19. The van der Waals surface area contributed by atoms with Gasteiger partial charge < -0.3 is 20.2 Å². The van der Waals surface area contributed by atoms with E-state index in [4.69, 9.17) is 4.42 Å². The molecule has 0 aliphatic carbocycles. The van der Waals surface area contributed by atoms with Crippen LogP contribution in [0.1, 0.15) is 44.0 Å². The van der Waals surface area contributed by atoms with Crippen LogP contribution >= 0.6 is 0 Å². The summed E-state index contributed by atoms with van der Waals surface area (Å²) in [5.41, 5.74) is 0.724. The summed E-state index contributed by atoms with van der Waals surface area (Å²) in [6, 6.07) is 8.14. The molecule has 0 saturated heterocycles. The Morgan fingerprint density at radius 2 is 2.08 bits per heavy atom. The molecular formula is C17H21N5O3. The summed E-state index contributed by atoms with van der Waals surface area (Å²) in [4.78, 5) is 12.2. The molecule has 0 saturated carbocycles. The standard InChI is InChI=1S/C17H21N5O3/c1-11(10-13(23)14-6-5-9-25-14)18-17(24)19-12(2)16-21-20-15-7-3-4-8-22(15)16/h3-9,11-13,23H,10H2,1-2H3,(H2,18,19,24)/t11-,12+,13+/m1/s1. The van der Waals surface area contributed by atoms with Crippen molar-refractivity contribution in [3.63, 3.8) is 0 Å². The number of aromatic nitrogens is 3. The summed E-state index contributed by atoms with van der Waals surface area (Å²) in [6.45, 7) is 3.66. The summed E-state index contributed by atoms with van der Waals surface area (Å²) in [5, 5.41) is 23.9. The summed E-state index contributed by atoms with van der Waals surface area (Å²) in [5.74, 6) is 1.13. The van der Waals surface area contributed by atoms with Crippen LogP contribution in [0.3, 0.4) is 0 Å². The van der Waals surface area contributed by atoms with E-state index >= 15 is 0 Å². The van der Waals surface area contributed by atoms with Crippen LogP contribution in [0.5, 0.6) is 0 Å². The summed E-state index contributed by atoms with van der Waals surface area (Å²) in [7, 11) is 0. The quantitative estimate of drug-likeness (QED) is 0.636. The normalized spacial score (nSPS) is 14.8. The maximum Gasteiger partial charge on any atom is 0.315 e. The topological polar surface area (TPSA) is 105 Å². The third kappa shape index (κ3) is 3.97. The Balaban J connectivity index is 1.55. The molecule has 0 aromatic carbocycles. The molecule has 2 amide bonds. The van der Waals surface area contributed by atoms with Crippen LogP contribution in [-0.2, 0) is 0 Å². The number of amides is 2. The highest BCUT2D eigenvalue weighted by molar-refractivity contribution is 5.74. The van der Waals surface area contributed by atoms with Crippen LogP contribution in [-0.4, -0.2) is 31.8 Å². The van der Waals surface area contributed by atoms with E-state index in [1.165, 1.54) is 6.26 Å². The zero-order valence-electron chi connectivity index (χ0n) is 14.1. The van der Waals surface area contributed by atoms with Gasteiger partial charge in [-0.25, -0.2) is 4.79 Å². The highest BCUT2D eigenvalue weighted by Crippen LogP contribution is 2.18. The molecule has 3 heterocycles. The van der Waals surface area contributed by atoms with E-state index in [0.717, 1.165) is 5.65 Å². The van der Waals surface area contributed by atoms with Gasteiger partial charge in [-0.1, -0.05) is 6.07 Å². The fourth-order valence-electron chi connectivity index (χ4n) is 2.67. The maximum atomic E-state index is 12.2. The first-order chi connectivity index (χ1) is 12.0. The van der Waals surface area contributed by atoms with Crippen molar-refractivity contribution in [1.29, 1.82) is 0 Å². The van der Waals surface area contributed by atoms with Gasteiger partial charge >= 0.3 is 6.03 Å². The average Bonchev–Trinajstić information content (AvgIpc) is 3.24. The van der Waals surface area contributed by atoms with E-state index in [2.05, 4.69) is 20.8 Å². The van der Waals surface area contributed by atoms with Crippen molar-refractivity contribution in [2.24, 2.45) is 0 Å². The molecule has 3 rings (SSSR count). The first-order valence-electron chi connectivity index (χ1n) is 8.12. The number of nitrogens with one attached hydrogen (secondary N) is 2. The zero-order chi connectivity index (χ0) is 17.8. The fourth-order valence-corrected chi connectivity index (χ4v) is 2.67. The minimum absolute atomic E-state index is 0.234. The molecule has 8 nitrogen and oxygen atoms in total. The molecule has 0 unspecified atom stereocenters. The van der Waals surface area contributed by atoms with Gasteiger partial charge in [-0.15, -0.1) is 10.2 Å². The molecule has 0 fully saturated rings. The lowest BCUT2D eigenvalue weighted by Crippen LogP contribution is -2.42. The number of hydrogen-bond acceptors (Lipinski definition) is 5. The molecule has 0 bridgehead atoms. The largest absolute Gasteiger partial charge is 0.467 e. The van der Waals surface area contributed by atoms with E-state index in [1.54, 1.807) is 12.1 Å². The van der Waals surface area contributed by atoms with Crippen LogP contribution in [0.2, 0.25) is 0 Å². The van der Waals surface area contributed by atoms with Gasteiger partial charge in [0.2, 0.25) is 0 Å². The van der Waals surface area contributed by atoms with Crippen molar-refractivity contribution in [2.75, 3.05) is 0 Å². The monoisotopic (exact) mass is 343 g/mol. The highest BCUT2D eigenvalue weighted by Gasteiger charge is 2.19. The van der Waals surface area contributed by atoms with Gasteiger partial charge in [-0.2, -0.15) is 0 Å². The van der Waals surface area contributed by atoms with Gasteiger partial charge in [0, 0.05) is 18.7 Å². The molecule has 25 heavy (non-hydrogen) atoms. The van der Waals surface area contributed by atoms with Crippen LogP contribution in [0.25, 0.3) is 5.65 Å². The van der Waals surface area contributed by atoms with Crippen LogP contribution in [0, 0.1) is 0 Å². The van der Waals surface area contributed by atoms with Crippen molar-refractivity contribution < 1.29 is 14.3 Å². The number of carbonyl (C=O) groups is 1. The summed E-state index contributed by atoms with van der Waals surface area (Å²) in [6.07, 6.45) is 2.95. The number of fused-ring (bicyclic) bond motifs is 1. The van der Waals surface area contributed by atoms with Gasteiger partial charge in [0.05, 0.1) is 12.3 Å². The number of nitrogens with zero attached hydrogens (tertiary/aromatic N) is 3. The zero-order valence-corrected chi connectivity index (χ0v) is 14.1. The van der Waals surface area contributed by atoms with Gasteiger partial charge in [-0.3, -0.25) is 4.40 Å². The Labute approximate surface area is 144 Å². The molecule has 8 heteroatoms. The number of pyridine rings is 1. The maximum absolute atomic E-state index is 12.2. The van der Waals surface area contributed by atoms with E-state index in [-0.39, 0.29) is 18.1 Å². The van der Waals surface area contributed by atoms with E-state index in [0.29, 0.717) is 18.0 Å². The van der Waals surface area contributed by atoms with E-state index in [9.17, 15) is 9.90 Å². The van der Waals surface area contributed by atoms with E-state index in [1.807, 2.05) is 42.6 Å². The van der Waals surface area contributed by atoms with Crippen LogP contribution in [0.4, 0.5) is 4.79 Å². The van der Waals surface area contributed by atoms with Gasteiger partial charge in [0.25, 0.3) is 0 Å². The molecule has 3 atom stereocenters. The van der Waals surface area contributed by atoms with Gasteiger partial charge in [0.1, 0.15) is 11.9 Å². The Morgan fingerprint density at radius 1 is 1.24 bits per heavy atom. The second kappa shape index (κ2) is 7.35. The SMILES string of the molecule is C[C@H](C[C@H](O)c1ccco1)NC(=O)N[C@@H](C)c1nnc2ccccn12. The number of aliphatic hydroxyl groups is 1. The lowest BCUT2D eigenvalue weighted by atomic mass is 10.1. The first-order valence-corrected chi connectivity index (χ1v) is 8.12. The molecule has 3 aromatic rings. The minimum atomic E-state index is -0.761. The van der Waals surface area contributed by atoms with E-state index < -0.39 is 6.10 Å². The third-order valence-corrected chi connectivity index (χ3v) is 3.90. The first kappa shape index (κ1) is 17.0. The van der Waals surface area contributed by atoms with Crippen molar-refractivity contribution in [3.05, 3.63) is 54.4 Å². The predicted molar refractivity (Wildman–Crippen MR) is 90.8 cm³/mol. The molecule has 3 aromatic heterocycles. The summed E-state index contributed by atoms with van der Waals surface area (Å²) >= 11 is 0. The number of hydrogen-bond donors (Lipinski definition) is 3. The van der Waals surface area contributed by atoms with Crippen molar-refractivity contribution in [2.45, 2.75) is 38.5 Å². The highest BCUT2D eigenvalue weighted by atomic mass is 16.4. The number of urea groups is 1. The molecule has 0 aliphatic heterocycles. The predicted octanol–water partition coefficient (Wildman–Crippen LogP) is 2.19.